The highest BCUT2D eigenvalue weighted by molar-refractivity contribution is 7.11. The number of hydrogen-bond donors (Lipinski definition) is 1. The van der Waals surface area contributed by atoms with Gasteiger partial charge in [-0.15, -0.1) is 11.3 Å². The van der Waals surface area contributed by atoms with E-state index < -0.39 is 0 Å². The zero-order valence-corrected chi connectivity index (χ0v) is 12.8. The molecule has 2 aromatic rings. The molecule has 0 radical (unpaired) electrons. The summed E-state index contributed by atoms with van der Waals surface area (Å²) in [6.07, 6.45) is 5.91. The van der Waals surface area contributed by atoms with Crippen molar-refractivity contribution < 1.29 is 0 Å². The summed E-state index contributed by atoms with van der Waals surface area (Å²) >= 11 is 1.84. The molecule has 0 fully saturated rings. The van der Waals surface area contributed by atoms with Crippen molar-refractivity contribution in [2.24, 2.45) is 5.73 Å². The largest absolute Gasteiger partial charge is 0.322 e. The number of thiazole rings is 1. The topological polar surface area (TPSA) is 38.9 Å². The van der Waals surface area contributed by atoms with E-state index in [0.29, 0.717) is 5.92 Å². The van der Waals surface area contributed by atoms with Gasteiger partial charge in [-0.1, -0.05) is 37.3 Å². The van der Waals surface area contributed by atoms with Gasteiger partial charge in [0.25, 0.3) is 0 Å². The van der Waals surface area contributed by atoms with Gasteiger partial charge in [0, 0.05) is 4.88 Å². The van der Waals surface area contributed by atoms with E-state index in [1.807, 2.05) is 11.3 Å². The summed E-state index contributed by atoms with van der Waals surface area (Å²) in [7, 11) is 0. The fourth-order valence-corrected chi connectivity index (χ4v) is 4.10. The van der Waals surface area contributed by atoms with Crippen LogP contribution in [0, 0.1) is 0 Å². The Labute approximate surface area is 125 Å². The summed E-state index contributed by atoms with van der Waals surface area (Å²) in [5.74, 6) is 0.479. The highest BCUT2D eigenvalue weighted by Crippen LogP contribution is 2.33. The second-order valence-electron chi connectivity index (χ2n) is 5.78. The van der Waals surface area contributed by atoms with E-state index in [1.165, 1.54) is 35.4 Å². The lowest BCUT2D eigenvalue weighted by molar-refractivity contribution is 0.569. The minimum atomic E-state index is 0.0702. The number of benzene rings is 1. The van der Waals surface area contributed by atoms with Crippen molar-refractivity contribution in [3.8, 4) is 0 Å². The minimum Gasteiger partial charge on any atom is -0.322 e. The molecule has 20 heavy (non-hydrogen) atoms. The van der Waals surface area contributed by atoms with Crippen LogP contribution in [-0.4, -0.2) is 4.98 Å². The molecule has 0 bridgehead atoms. The summed E-state index contributed by atoms with van der Waals surface area (Å²) in [5.41, 5.74) is 9.08. The first-order valence-corrected chi connectivity index (χ1v) is 8.34. The van der Waals surface area contributed by atoms with E-state index in [1.54, 1.807) is 0 Å². The maximum Gasteiger partial charge on any atom is 0.110 e. The van der Waals surface area contributed by atoms with Crippen LogP contribution in [0.5, 0.6) is 0 Å². The highest BCUT2D eigenvalue weighted by Gasteiger charge is 2.20. The maximum absolute atomic E-state index is 6.39. The molecule has 3 heteroatoms. The molecule has 2 unspecified atom stereocenters. The fraction of sp³-hybridized carbons (Fsp3) is 0.471. The summed E-state index contributed by atoms with van der Waals surface area (Å²) in [6, 6.07) is 10.7. The summed E-state index contributed by atoms with van der Waals surface area (Å²) < 4.78 is 0. The molecule has 1 aromatic heterocycles. The molecule has 0 saturated carbocycles. The lowest BCUT2D eigenvalue weighted by atomic mass is 9.94. The van der Waals surface area contributed by atoms with E-state index in [-0.39, 0.29) is 6.04 Å². The number of aromatic nitrogens is 1. The molecule has 2 nitrogen and oxygen atoms in total. The third-order valence-electron chi connectivity index (χ3n) is 4.16. The third kappa shape index (κ3) is 2.94. The number of nitrogens with zero attached hydrogens (tertiary/aromatic N) is 1. The van der Waals surface area contributed by atoms with Gasteiger partial charge in [0.1, 0.15) is 5.01 Å². The summed E-state index contributed by atoms with van der Waals surface area (Å²) in [6.45, 7) is 2.25. The van der Waals surface area contributed by atoms with Crippen molar-refractivity contribution in [2.75, 3.05) is 0 Å². The van der Waals surface area contributed by atoms with E-state index >= 15 is 0 Å². The van der Waals surface area contributed by atoms with Crippen molar-refractivity contribution in [1.82, 2.24) is 4.98 Å². The van der Waals surface area contributed by atoms with Crippen LogP contribution in [0.4, 0.5) is 0 Å². The summed E-state index contributed by atoms with van der Waals surface area (Å²) in [5, 5.41) is 1.14. The van der Waals surface area contributed by atoms with Gasteiger partial charge in [0.15, 0.2) is 0 Å². The van der Waals surface area contributed by atoms with E-state index in [0.717, 1.165) is 17.8 Å². The lowest BCUT2D eigenvalue weighted by Crippen LogP contribution is -2.13. The predicted octanol–water partition coefficient (Wildman–Crippen LogP) is 4.22. The standard InChI is InChI=1S/C17H22N2S/c1-12(13-7-3-2-4-8-13)11-14(18)17-19-15-9-5-6-10-16(15)20-17/h2-4,7-8,12,14H,5-6,9-11,18H2,1H3. The SMILES string of the molecule is CC(CC(N)c1nc2c(s1)CCCC2)c1ccccc1. The molecule has 106 valence electrons. The van der Waals surface area contributed by atoms with E-state index in [9.17, 15) is 0 Å². The van der Waals surface area contributed by atoms with Crippen LogP contribution in [0.15, 0.2) is 30.3 Å². The smallest absolute Gasteiger partial charge is 0.110 e. The maximum atomic E-state index is 6.39. The summed E-state index contributed by atoms with van der Waals surface area (Å²) in [4.78, 5) is 6.27. The second kappa shape index (κ2) is 6.06. The molecule has 0 spiro atoms. The molecule has 2 atom stereocenters. The molecule has 0 amide bonds. The van der Waals surface area contributed by atoms with Crippen LogP contribution in [0.3, 0.4) is 0 Å². The monoisotopic (exact) mass is 286 g/mol. The van der Waals surface area contributed by atoms with Crippen LogP contribution in [0.2, 0.25) is 0 Å². The molecule has 0 aliphatic heterocycles. The Morgan fingerprint density at radius 3 is 2.70 bits per heavy atom. The Kier molecular flexibility index (Phi) is 4.18. The first-order chi connectivity index (χ1) is 9.74. The van der Waals surface area contributed by atoms with Crippen molar-refractivity contribution >= 4 is 11.3 Å². The van der Waals surface area contributed by atoms with Gasteiger partial charge in [-0.3, -0.25) is 0 Å². The van der Waals surface area contributed by atoms with Gasteiger partial charge in [0.2, 0.25) is 0 Å². The molecule has 2 N–H and O–H groups in total. The Morgan fingerprint density at radius 1 is 1.20 bits per heavy atom. The lowest BCUT2D eigenvalue weighted by Gasteiger charge is -2.15. The minimum absolute atomic E-state index is 0.0702. The van der Waals surface area contributed by atoms with Crippen molar-refractivity contribution in [3.05, 3.63) is 51.5 Å². The van der Waals surface area contributed by atoms with Gasteiger partial charge in [-0.05, 0) is 43.6 Å². The van der Waals surface area contributed by atoms with Gasteiger partial charge in [0.05, 0.1) is 11.7 Å². The first kappa shape index (κ1) is 13.8. The fourth-order valence-electron chi connectivity index (χ4n) is 2.93. The van der Waals surface area contributed by atoms with Gasteiger partial charge in [-0.2, -0.15) is 0 Å². The average molecular weight is 286 g/mol. The second-order valence-corrected chi connectivity index (χ2v) is 6.90. The van der Waals surface area contributed by atoms with Gasteiger partial charge >= 0.3 is 0 Å². The Bertz CT molecular complexity index is 538. The number of rotatable bonds is 4. The number of nitrogens with two attached hydrogens (primary N) is 1. The third-order valence-corrected chi connectivity index (χ3v) is 5.44. The van der Waals surface area contributed by atoms with Crippen molar-refractivity contribution in [1.29, 1.82) is 0 Å². The molecule has 0 saturated heterocycles. The van der Waals surface area contributed by atoms with Crippen LogP contribution < -0.4 is 5.73 Å². The Balaban J connectivity index is 1.70. The van der Waals surface area contributed by atoms with Gasteiger partial charge < -0.3 is 5.73 Å². The van der Waals surface area contributed by atoms with E-state index in [2.05, 4.69) is 37.3 Å². The van der Waals surface area contributed by atoms with E-state index in [4.69, 9.17) is 10.7 Å². The van der Waals surface area contributed by atoms with Crippen LogP contribution in [-0.2, 0) is 12.8 Å². The number of fused-ring (bicyclic) bond motifs is 1. The molecular weight excluding hydrogens is 264 g/mol. The molecule has 1 aliphatic carbocycles. The van der Waals surface area contributed by atoms with Crippen LogP contribution in [0.1, 0.15) is 59.3 Å². The van der Waals surface area contributed by atoms with Gasteiger partial charge in [-0.25, -0.2) is 4.98 Å². The number of aryl methyl sites for hydroxylation is 2. The van der Waals surface area contributed by atoms with Crippen molar-refractivity contribution in [3.63, 3.8) is 0 Å². The predicted molar refractivity (Wildman–Crippen MR) is 85.2 cm³/mol. The zero-order chi connectivity index (χ0) is 13.9. The average Bonchev–Trinajstić information content (AvgIpc) is 2.92. The normalized spacial score (nSPS) is 17.5. The first-order valence-electron chi connectivity index (χ1n) is 7.53. The molecular formula is C17H22N2S. The Hall–Kier alpha value is -1.19. The quantitative estimate of drug-likeness (QED) is 0.914. The molecule has 3 rings (SSSR count). The van der Waals surface area contributed by atoms with Crippen molar-refractivity contribution in [2.45, 2.75) is 51.0 Å². The molecule has 1 aliphatic rings. The molecule has 1 heterocycles. The zero-order valence-electron chi connectivity index (χ0n) is 12.0. The Morgan fingerprint density at radius 2 is 1.95 bits per heavy atom. The number of hydrogen-bond acceptors (Lipinski definition) is 3. The highest BCUT2D eigenvalue weighted by atomic mass is 32.1. The van der Waals surface area contributed by atoms with Crippen LogP contribution in [0.25, 0.3) is 0 Å². The van der Waals surface area contributed by atoms with Crippen LogP contribution >= 0.6 is 11.3 Å². The molecule has 1 aromatic carbocycles.